The van der Waals surface area contributed by atoms with Crippen molar-refractivity contribution >= 4 is 27.4 Å². The van der Waals surface area contributed by atoms with Crippen LogP contribution in [0.25, 0.3) is 0 Å². The molecule has 2 N–H and O–H groups in total. The third kappa shape index (κ3) is 2.12. The van der Waals surface area contributed by atoms with Gasteiger partial charge in [-0.3, -0.25) is 9.78 Å². The summed E-state index contributed by atoms with van der Waals surface area (Å²) in [5.41, 5.74) is 7.15. The van der Waals surface area contributed by atoms with E-state index in [2.05, 4.69) is 20.9 Å². The van der Waals surface area contributed by atoms with Crippen LogP contribution in [0.3, 0.4) is 0 Å². The lowest BCUT2D eigenvalue weighted by Gasteiger charge is -2.04. The highest BCUT2D eigenvalue weighted by Gasteiger charge is 2.13. The van der Waals surface area contributed by atoms with E-state index in [1.807, 2.05) is 0 Å². The number of benzene rings is 1. The van der Waals surface area contributed by atoms with Crippen molar-refractivity contribution in [3.63, 3.8) is 0 Å². The molecule has 1 aromatic heterocycles. The van der Waals surface area contributed by atoms with Crippen molar-refractivity contribution in [2.75, 3.05) is 5.73 Å². The van der Waals surface area contributed by atoms with E-state index in [1.165, 1.54) is 0 Å². The molecule has 0 amide bonds. The largest absolute Gasteiger partial charge is 0.399 e. The average molecular weight is 277 g/mol. The Labute approximate surface area is 101 Å². The highest BCUT2D eigenvalue weighted by molar-refractivity contribution is 9.10. The molecular formula is C12H9BrN2O. The van der Waals surface area contributed by atoms with Crippen LogP contribution in [0.1, 0.15) is 16.1 Å². The van der Waals surface area contributed by atoms with E-state index in [9.17, 15) is 4.79 Å². The minimum atomic E-state index is -0.139. The SMILES string of the molecule is Nc1ccc(Br)c(C(=O)c2ccccn2)c1. The van der Waals surface area contributed by atoms with E-state index in [-0.39, 0.29) is 5.78 Å². The molecule has 0 atom stereocenters. The van der Waals surface area contributed by atoms with Crippen LogP contribution in [0, 0.1) is 0 Å². The molecule has 0 saturated heterocycles. The zero-order chi connectivity index (χ0) is 11.5. The van der Waals surface area contributed by atoms with Gasteiger partial charge in [0.2, 0.25) is 5.78 Å². The number of nitrogens with zero attached hydrogens (tertiary/aromatic N) is 1. The molecule has 4 heteroatoms. The van der Waals surface area contributed by atoms with E-state index < -0.39 is 0 Å². The predicted octanol–water partition coefficient (Wildman–Crippen LogP) is 2.66. The Morgan fingerprint density at radius 3 is 2.75 bits per heavy atom. The Morgan fingerprint density at radius 2 is 2.06 bits per heavy atom. The van der Waals surface area contributed by atoms with Crippen LogP contribution in [0.15, 0.2) is 47.1 Å². The fourth-order valence-electron chi connectivity index (χ4n) is 1.35. The molecule has 2 rings (SSSR count). The number of rotatable bonds is 2. The second-order valence-corrected chi connectivity index (χ2v) is 4.14. The average Bonchev–Trinajstić information content (AvgIpc) is 2.32. The summed E-state index contributed by atoms with van der Waals surface area (Å²) in [6.07, 6.45) is 1.59. The monoisotopic (exact) mass is 276 g/mol. The van der Waals surface area contributed by atoms with Crippen LogP contribution < -0.4 is 5.73 Å². The summed E-state index contributed by atoms with van der Waals surface area (Å²) < 4.78 is 0.720. The number of nitrogen functional groups attached to an aromatic ring is 1. The molecule has 0 aliphatic carbocycles. The third-order valence-electron chi connectivity index (χ3n) is 2.13. The number of anilines is 1. The van der Waals surface area contributed by atoms with Gasteiger partial charge in [-0.1, -0.05) is 22.0 Å². The van der Waals surface area contributed by atoms with Gasteiger partial charge in [0, 0.05) is 21.9 Å². The van der Waals surface area contributed by atoms with Crippen molar-refractivity contribution in [3.8, 4) is 0 Å². The molecule has 0 radical (unpaired) electrons. The highest BCUT2D eigenvalue weighted by Crippen LogP contribution is 2.21. The number of ketones is 1. The molecule has 0 fully saturated rings. The van der Waals surface area contributed by atoms with E-state index in [4.69, 9.17) is 5.73 Å². The van der Waals surface area contributed by atoms with Gasteiger partial charge in [-0.25, -0.2) is 0 Å². The van der Waals surface area contributed by atoms with Crippen molar-refractivity contribution in [3.05, 3.63) is 58.3 Å². The first kappa shape index (κ1) is 10.8. The summed E-state index contributed by atoms with van der Waals surface area (Å²) in [6.45, 7) is 0. The number of carbonyl (C=O) groups is 1. The fourth-order valence-corrected chi connectivity index (χ4v) is 1.78. The van der Waals surface area contributed by atoms with Crippen molar-refractivity contribution in [1.82, 2.24) is 4.98 Å². The quantitative estimate of drug-likeness (QED) is 0.678. The summed E-state index contributed by atoms with van der Waals surface area (Å²) in [4.78, 5) is 16.1. The Hall–Kier alpha value is -1.68. The summed E-state index contributed by atoms with van der Waals surface area (Å²) in [5.74, 6) is -0.139. The molecule has 80 valence electrons. The number of halogens is 1. The first-order chi connectivity index (χ1) is 7.68. The molecule has 16 heavy (non-hydrogen) atoms. The topological polar surface area (TPSA) is 56.0 Å². The zero-order valence-corrected chi connectivity index (χ0v) is 9.94. The molecule has 0 spiro atoms. The smallest absolute Gasteiger partial charge is 0.212 e. The third-order valence-corrected chi connectivity index (χ3v) is 2.82. The van der Waals surface area contributed by atoms with Gasteiger partial charge < -0.3 is 5.73 Å². The van der Waals surface area contributed by atoms with Gasteiger partial charge in [-0.05, 0) is 30.3 Å². The van der Waals surface area contributed by atoms with Crippen LogP contribution in [0.2, 0.25) is 0 Å². The van der Waals surface area contributed by atoms with Gasteiger partial charge in [-0.15, -0.1) is 0 Å². The lowest BCUT2D eigenvalue weighted by molar-refractivity contribution is 0.103. The lowest BCUT2D eigenvalue weighted by Crippen LogP contribution is -2.05. The van der Waals surface area contributed by atoms with Gasteiger partial charge in [0.25, 0.3) is 0 Å². The first-order valence-corrected chi connectivity index (χ1v) is 5.48. The minimum absolute atomic E-state index is 0.139. The van der Waals surface area contributed by atoms with Gasteiger partial charge in [0.1, 0.15) is 5.69 Å². The fraction of sp³-hybridized carbons (Fsp3) is 0. The molecule has 2 aromatic rings. The maximum absolute atomic E-state index is 12.1. The van der Waals surface area contributed by atoms with Crippen LogP contribution in [0.4, 0.5) is 5.69 Å². The molecular weight excluding hydrogens is 268 g/mol. The molecule has 0 bridgehead atoms. The Balaban J connectivity index is 2.46. The second-order valence-electron chi connectivity index (χ2n) is 3.28. The van der Waals surface area contributed by atoms with Gasteiger partial charge >= 0.3 is 0 Å². The number of aromatic nitrogens is 1. The van der Waals surface area contributed by atoms with Crippen molar-refractivity contribution in [2.45, 2.75) is 0 Å². The normalized spacial score (nSPS) is 10.1. The summed E-state index contributed by atoms with van der Waals surface area (Å²) in [7, 11) is 0. The molecule has 0 unspecified atom stereocenters. The van der Waals surface area contributed by atoms with Gasteiger partial charge in [0.05, 0.1) is 0 Å². The molecule has 1 heterocycles. The zero-order valence-electron chi connectivity index (χ0n) is 8.35. The predicted molar refractivity (Wildman–Crippen MR) is 66.2 cm³/mol. The Morgan fingerprint density at radius 1 is 1.25 bits per heavy atom. The Bertz CT molecular complexity index is 526. The molecule has 0 aliphatic rings. The van der Waals surface area contributed by atoms with Crippen LogP contribution in [0.5, 0.6) is 0 Å². The number of carbonyl (C=O) groups excluding carboxylic acids is 1. The lowest BCUT2D eigenvalue weighted by atomic mass is 10.1. The van der Waals surface area contributed by atoms with Crippen molar-refractivity contribution in [1.29, 1.82) is 0 Å². The van der Waals surface area contributed by atoms with Crippen molar-refractivity contribution in [2.24, 2.45) is 0 Å². The van der Waals surface area contributed by atoms with Gasteiger partial charge in [-0.2, -0.15) is 0 Å². The Kier molecular flexibility index (Phi) is 3.01. The van der Waals surface area contributed by atoms with Gasteiger partial charge in [0.15, 0.2) is 0 Å². The van der Waals surface area contributed by atoms with Crippen LogP contribution in [-0.4, -0.2) is 10.8 Å². The van der Waals surface area contributed by atoms with Crippen LogP contribution in [-0.2, 0) is 0 Å². The summed E-state index contributed by atoms with van der Waals surface area (Å²) in [6, 6.07) is 10.4. The van der Waals surface area contributed by atoms with E-state index in [0.717, 1.165) is 4.47 Å². The summed E-state index contributed by atoms with van der Waals surface area (Å²) in [5, 5.41) is 0. The number of hydrogen-bond donors (Lipinski definition) is 1. The standard InChI is InChI=1S/C12H9BrN2O/c13-10-5-4-8(14)7-9(10)12(16)11-3-1-2-6-15-11/h1-7H,14H2. The van der Waals surface area contributed by atoms with Crippen molar-refractivity contribution < 1.29 is 4.79 Å². The molecule has 3 nitrogen and oxygen atoms in total. The highest BCUT2D eigenvalue weighted by atomic mass is 79.9. The second kappa shape index (κ2) is 4.45. The van der Waals surface area contributed by atoms with E-state index in [1.54, 1.807) is 42.6 Å². The number of nitrogens with two attached hydrogens (primary N) is 1. The minimum Gasteiger partial charge on any atom is -0.399 e. The first-order valence-electron chi connectivity index (χ1n) is 4.69. The van der Waals surface area contributed by atoms with Crippen LogP contribution >= 0.6 is 15.9 Å². The maximum Gasteiger partial charge on any atom is 0.212 e. The molecule has 1 aromatic carbocycles. The number of pyridine rings is 1. The molecule has 0 saturated carbocycles. The maximum atomic E-state index is 12.1. The molecule has 0 aliphatic heterocycles. The summed E-state index contributed by atoms with van der Waals surface area (Å²) >= 11 is 3.32. The van der Waals surface area contributed by atoms with E-state index in [0.29, 0.717) is 16.9 Å². The van der Waals surface area contributed by atoms with E-state index >= 15 is 0 Å². The number of hydrogen-bond acceptors (Lipinski definition) is 3.